The first-order valence-corrected chi connectivity index (χ1v) is 7.49. The Morgan fingerprint density at radius 1 is 1.24 bits per heavy atom. The molecular formula is C16H15NO3S. The second-order valence-electron chi connectivity index (χ2n) is 5.24. The van der Waals surface area contributed by atoms with E-state index in [4.69, 9.17) is 4.74 Å². The average Bonchev–Trinajstić information content (AvgIpc) is 2.99. The van der Waals surface area contributed by atoms with Crippen LogP contribution in [0.2, 0.25) is 0 Å². The van der Waals surface area contributed by atoms with Crippen molar-refractivity contribution in [2.24, 2.45) is 0 Å². The Kier molecular flexibility index (Phi) is 3.39. The third-order valence-electron chi connectivity index (χ3n) is 3.84. The van der Waals surface area contributed by atoms with Crippen molar-refractivity contribution in [2.75, 3.05) is 14.1 Å². The van der Waals surface area contributed by atoms with Gasteiger partial charge in [-0.1, -0.05) is 24.3 Å². The van der Waals surface area contributed by atoms with Crippen LogP contribution >= 0.6 is 11.3 Å². The molecule has 3 rings (SSSR count). The van der Waals surface area contributed by atoms with Gasteiger partial charge < -0.3 is 4.74 Å². The highest BCUT2D eigenvalue weighted by Gasteiger charge is 2.53. The summed E-state index contributed by atoms with van der Waals surface area (Å²) in [5.74, 6) is -0.175. The maximum Gasteiger partial charge on any atom is 0.340 e. The average molecular weight is 301 g/mol. The molecule has 1 aliphatic rings. The van der Waals surface area contributed by atoms with Crippen molar-refractivity contribution >= 4 is 23.1 Å². The molecule has 0 fully saturated rings. The van der Waals surface area contributed by atoms with Crippen LogP contribution < -0.4 is 4.74 Å². The van der Waals surface area contributed by atoms with Crippen molar-refractivity contribution < 1.29 is 14.3 Å². The van der Waals surface area contributed by atoms with Crippen molar-refractivity contribution in [2.45, 2.75) is 12.0 Å². The first-order chi connectivity index (χ1) is 10.1. The van der Waals surface area contributed by atoms with Gasteiger partial charge in [0.2, 0.25) is 5.78 Å². The summed E-state index contributed by atoms with van der Waals surface area (Å²) in [6.07, 6.45) is 0.325. The molecule has 0 N–H and O–H groups in total. The number of fused-ring (bicyclic) bond motifs is 1. The minimum absolute atomic E-state index is 0.206. The van der Waals surface area contributed by atoms with Crippen molar-refractivity contribution in [1.29, 1.82) is 0 Å². The largest absolute Gasteiger partial charge is 0.425 e. The summed E-state index contributed by atoms with van der Waals surface area (Å²) in [5, 5.41) is 1.83. The van der Waals surface area contributed by atoms with E-state index in [1.54, 1.807) is 31.1 Å². The zero-order valence-electron chi connectivity index (χ0n) is 11.8. The number of esters is 1. The number of carbonyl (C=O) groups is 2. The molecule has 1 atom stereocenters. The van der Waals surface area contributed by atoms with Gasteiger partial charge in [0, 0.05) is 6.42 Å². The zero-order valence-corrected chi connectivity index (χ0v) is 12.6. The van der Waals surface area contributed by atoms with Crippen molar-refractivity contribution in [3.05, 3.63) is 52.2 Å². The molecule has 1 aromatic heterocycles. The molecule has 1 aliphatic heterocycles. The Morgan fingerprint density at radius 3 is 2.67 bits per heavy atom. The molecule has 2 heterocycles. The Labute approximate surface area is 127 Å². The van der Waals surface area contributed by atoms with Crippen LogP contribution in [0.5, 0.6) is 5.75 Å². The standard InChI is InChI=1S/C16H15NO3S/c1-17(2)16(14(18)13-8-5-9-21-13)10-11-6-3-4-7-12(11)20-15(16)19/h3-9H,10H2,1-2H3. The van der Waals surface area contributed by atoms with E-state index in [0.717, 1.165) is 5.56 Å². The second kappa shape index (κ2) is 5.09. The number of para-hydroxylation sites is 1. The molecule has 0 saturated heterocycles. The van der Waals surface area contributed by atoms with Crippen LogP contribution in [-0.4, -0.2) is 36.3 Å². The van der Waals surface area contributed by atoms with E-state index in [9.17, 15) is 9.59 Å². The van der Waals surface area contributed by atoms with E-state index in [2.05, 4.69) is 0 Å². The fourth-order valence-corrected chi connectivity index (χ4v) is 3.35. The lowest BCUT2D eigenvalue weighted by atomic mass is 9.82. The topological polar surface area (TPSA) is 46.6 Å². The van der Waals surface area contributed by atoms with E-state index in [0.29, 0.717) is 17.0 Å². The van der Waals surface area contributed by atoms with E-state index >= 15 is 0 Å². The molecule has 0 aliphatic carbocycles. The van der Waals surface area contributed by atoms with Crippen molar-refractivity contribution in [3.8, 4) is 5.75 Å². The maximum atomic E-state index is 12.9. The van der Waals surface area contributed by atoms with E-state index in [1.165, 1.54) is 11.3 Å². The predicted octanol–water partition coefficient (Wildman–Crippen LogP) is 2.39. The monoisotopic (exact) mass is 301 g/mol. The molecule has 5 heteroatoms. The number of ether oxygens (including phenoxy) is 1. The highest BCUT2D eigenvalue weighted by atomic mass is 32.1. The summed E-state index contributed by atoms with van der Waals surface area (Å²) in [6, 6.07) is 10.9. The Hall–Kier alpha value is -1.98. The number of likely N-dealkylation sites (N-methyl/N-ethyl adjacent to an activating group) is 1. The second-order valence-corrected chi connectivity index (χ2v) is 6.18. The van der Waals surface area contributed by atoms with Gasteiger partial charge >= 0.3 is 5.97 Å². The van der Waals surface area contributed by atoms with E-state index < -0.39 is 11.5 Å². The molecule has 0 radical (unpaired) electrons. The third kappa shape index (κ3) is 2.09. The van der Waals surface area contributed by atoms with Crippen LogP contribution in [-0.2, 0) is 11.2 Å². The highest BCUT2D eigenvalue weighted by Crippen LogP contribution is 2.35. The fraction of sp³-hybridized carbons (Fsp3) is 0.250. The van der Waals surface area contributed by atoms with Crippen LogP contribution in [0.1, 0.15) is 15.2 Å². The summed E-state index contributed by atoms with van der Waals surface area (Å²) in [5.41, 5.74) is -0.421. The van der Waals surface area contributed by atoms with Crippen LogP contribution in [0, 0.1) is 0 Å². The summed E-state index contributed by atoms with van der Waals surface area (Å²) in [7, 11) is 3.47. The number of carbonyl (C=O) groups excluding carboxylic acids is 2. The number of hydrogen-bond donors (Lipinski definition) is 0. The summed E-state index contributed by atoms with van der Waals surface area (Å²) >= 11 is 1.34. The lowest BCUT2D eigenvalue weighted by molar-refractivity contribution is -0.145. The maximum absolute atomic E-state index is 12.9. The molecule has 0 bridgehead atoms. The fourth-order valence-electron chi connectivity index (χ4n) is 2.61. The van der Waals surface area contributed by atoms with Crippen molar-refractivity contribution in [3.63, 3.8) is 0 Å². The first-order valence-electron chi connectivity index (χ1n) is 6.61. The number of hydrogen-bond acceptors (Lipinski definition) is 5. The predicted molar refractivity (Wildman–Crippen MR) is 80.8 cm³/mol. The van der Waals surface area contributed by atoms with Crippen molar-refractivity contribution in [1.82, 2.24) is 4.90 Å². The number of Topliss-reactive ketones (excluding diaryl/α,β-unsaturated/α-hetero) is 1. The molecule has 2 aromatic rings. The van der Waals surface area contributed by atoms with Crippen LogP contribution in [0.4, 0.5) is 0 Å². The normalized spacial score (nSPS) is 21.0. The molecule has 0 amide bonds. The molecule has 108 valence electrons. The third-order valence-corrected chi connectivity index (χ3v) is 4.71. The smallest absolute Gasteiger partial charge is 0.340 e. The quantitative estimate of drug-likeness (QED) is 0.378. The van der Waals surface area contributed by atoms with Crippen LogP contribution in [0.3, 0.4) is 0 Å². The van der Waals surface area contributed by atoms with Crippen LogP contribution in [0.25, 0.3) is 0 Å². The molecule has 0 saturated carbocycles. The van der Waals surface area contributed by atoms with Gasteiger partial charge in [0.05, 0.1) is 4.88 Å². The number of benzene rings is 1. The van der Waals surface area contributed by atoms with Gasteiger partial charge in [-0.2, -0.15) is 0 Å². The SMILES string of the molecule is CN(C)C1(C(=O)c2cccs2)Cc2ccccc2OC1=O. The number of thiophene rings is 1. The Balaban J connectivity index is 2.11. The minimum atomic E-state index is -1.29. The van der Waals surface area contributed by atoms with Gasteiger partial charge in [-0.15, -0.1) is 11.3 Å². The van der Waals surface area contributed by atoms with E-state index in [1.807, 2.05) is 29.6 Å². The molecule has 0 spiro atoms. The van der Waals surface area contributed by atoms with Gasteiger partial charge in [0.25, 0.3) is 0 Å². The zero-order chi connectivity index (χ0) is 15.0. The number of ketones is 1. The lowest BCUT2D eigenvalue weighted by Crippen LogP contribution is -2.62. The summed E-state index contributed by atoms with van der Waals surface area (Å²) < 4.78 is 5.43. The van der Waals surface area contributed by atoms with Gasteiger partial charge in [-0.05, 0) is 37.2 Å². The van der Waals surface area contributed by atoms with E-state index in [-0.39, 0.29) is 5.78 Å². The van der Waals surface area contributed by atoms with Gasteiger partial charge in [0.15, 0.2) is 5.54 Å². The minimum Gasteiger partial charge on any atom is -0.425 e. The summed E-state index contributed by atoms with van der Waals surface area (Å²) in [4.78, 5) is 27.7. The number of nitrogens with zero attached hydrogens (tertiary/aromatic N) is 1. The molecule has 4 nitrogen and oxygen atoms in total. The Bertz CT molecular complexity index is 693. The van der Waals surface area contributed by atoms with Gasteiger partial charge in [-0.3, -0.25) is 9.69 Å². The highest BCUT2D eigenvalue weighted by molar-refractivity contribution is 7.12. The number of rotatable bonds is 3. The van der Waals surface area contributed by atoms with Gasteiger partial charge in [-0.25, -0.2) is 4.79 Å². The van der Waals surface area contributed by atoms with Gasteiger partial charge in [0.1, 0.15) is 5.75 Å². The molecule has 1 unspecified atom stereocenters. The Morgan fingerprint density at radius 2 is 2.00 bits per heavy atom. The van der Waals surface area contributed by atoms with Crippen LogP contribution in [0.15, 0.2) is 41.8 Å². The molecular weight excluding hydrogens is 286 g/mol. The lowest BCUT2D eigenvalue weighted by Gasteiger charge is -2.38. The molecule has 1 aromatic carbocycles. The molecule has 21 heavy (non-hydrogen) atoms. The summed E-state index contributed by atoms with van der Waals surface area (Å²) in [6.45, 7) is 0. The first kappa shape index (κ1) is 14.0.